The Hall–Kier alpha value is -3.12. The third kappa shape index (κ3) is 7.54. The van der Waals surface area contributed by atoms with Gasteiger partial charge in [0.2, 0.25) is 0 Å². The van der Waals surface area contributed by atoms with E-state index in [1.807, 2.05) is 23.1 Å². The molecule has 1 amide bonds. The van der Waals surface area contributed by atoms with E-state index >= 15 is 0 Å². The van der Waals surface area contributed by atoms with E-state index in [0.29, 0.717) is 19.0 Å². The highest BCUT2D eigenvalue weighted by molar-refractivity contribution is 5.94. The SMILES string of the molecule is CCCCCCc1ccc(C(=O)N(Cc2c(C)nn(-c3ccccc3)c2N2CCN(CC)CC2)CC(C)C)cc1. The summed E-state index contributed by atoms with van der Waals surface area (Å²) in [5.74, 6) is 1.59. The average Bonchev–Trinajstić information content (AvgIpc) is 3.30. The average molecular weight is 544 g/mol. The van der Waals surface area contributed by atoms with E-state index in [0.717, 1.165) is 67.5 Å². The molecule has 0 aliphatic carbocycles. The van der Waals surface area contributed by atoms with Crippen LogP contribution in [0.3, 0.4) is 0 Å². The number of para-hydroxylation sites is 1. The van der Waals surface area contributed by atoms with Crippen molar-refractivity contribution < 1.29 is 4.79 Å². The van der Waals surface area contributed by atoms with Crippen molar-refractivity contribution in [2.24, 2.45) is 5.92 Å². The summed E-state index contributed by atoms with van der Waals surface area (Å²) in [6.45, 7) is 17.2. The first-order chi connectivity index (χ1) is 19.4. The van der Waals surface area contributed by atoms with Gasteiger partial charge in [-0.1, -0.05) is 77.3 Å². The summed E-state index contributed by atoms with van der Waals surface area (Å²) in [4.78, 5) is 20.9. The van der Waals surface area contributed by atoms with Crippen molar-refractivity contribution in [3.8, 4) is 5.69 Å². The van der Waals surface area contributed by atoms with E-state index in [9.17, 15) is 4.79 Å². The molecule has 1 saturated heterocycles. The molecule has 0 N–H and O–H groups in total. The van der Waals surface area contributed by atoms with Gasteiger partial charge in [-0.2, -0.15) is 5.10 Å². The van der Waals surface area contributed by atoms with Gasteiger partial charge in [-0.05, 0) is 62.1 Å². The molecule has 1 aliphatic rings. The van der Waals surface area contributed by atoms with Crippen LogP contribution in [0.4, 0.5) is 5.82 Å². The van der Waals surface area contributed by atoms with Crippen molar-refractivity contribution in [1.29, 1.82) is 0 Å². The Balaban J connectivity index is 1.62. The van der Waals surface area contributed by atoms with Gasteiger partial charge in [0.1, 0.15) is 5.82 Å². The molecule has 0 bridgehead atoms. The van der Waals surface area contributed by atoms with Crippen LogP contribution in [-0.2, 0) is 13.0 Å². The Morgan fingerprint density at radius 1 is 0.925 bits per heavy atom. The van der Waals surface area contributed by atoms with Crippen molar-refractivity contribution in [3.63, 3.8) is 0 Å². The van der Waals surface area contributed by atoms with E-state index in [4.69, 9.17) is 5.10 Å². The molecule has 1 aliphatic heterocycles. The van der Waals surface area contributed by atoms with Crippen LogP contribution in [0.5, 0.6) is 0 Å². The van der Waals surface area contributed by atoms with Gasteiger partial charge in [-0.25, -0.2) is 4.68 Å². The Morgan fingerprint density at radius 3 is 2.25 bits per heavy atom. The summed E-state index contributed by atoms with van der Waals surface area (Å²) >= 11 is 0. The summed E-state index contributed by atoms with van der Waals surface area (Å²) in [6.07, 6.45) is 6.10. The van der Waals surface area contributed by atoms with Crippen LogP contribution in [0.1, 0.15) is 80.6 Å². The number of piperazine rings is 1. The van der Waals surface area contributed by atoms with Crippen LogP contribution in [0.25, 0.3) is 5.69 Å². The summed E-state index contributed by atoms with van der Waals surface area (Å²) in [5, 5.41) is 5.04. The molecular weight excluding hydrogens is 494 g/mol. The van der Waals surface area contributed by atoms with Crippen LogP contribution < -0.4 is 4.90 Å². The van der Waals surface area contributed by atoms with Crippen LogP contribution in [-0.4, -0.2) is 64.8 Å². The van der Waals surface area contributed by atoms with Gasteiger partial charge >= 0.3 is 0 Å². The first-order valence-electron chi connectivity index (χ1n) is 15.4. The van der Waals surface area contributed by atoms with E-state index in [2.05, 4.69) is 85.5 Å². The van der Waals surface area contributed by atoms with Crippen molar-refractivity contribution in [1.82, 2.24) is 19.6 Å². The molecule has 216 valence electrons. The number of rotatable bonds is 13. The lowest BCUT2D eigenvalue weighted by Gasteiger charge is -2.36. The fourth-order valence-corrected chi connectivity index (χ4v) is 5.69. The van der Waals surface area contributed by atoms with Crippen LogP contribution in [0.2, 0.25) is 0 Å². The Bertz CT molecular complexity index is 1190. The number of benzene rings is 2. The number of likely N-dealkylation sites (N-methyl/N-ethyl adjacent to an activating group) is 1. The van der Waals surface area contributed by atoms with Crippen molar-refractivity contribution in [3.05, 3.63) is 77.0 Å². The summed E-state index contributed by atoms with van der Waals surface area (Å²) in [5.41, 5.74) is 5.28. The smallest absolute Gasteiger partial charge is 0.254 e. The Morgan fingerprint density at radius 2 is 1.62 bits per heavy atom. The molecule has 40 heavy (non-hydrogen) atoms. The van der Waals surface area contributed by atoms with Gasteiger partial charge in [0, 0.05) is 43.9 Å². The summed E-state index contributed by atoms with van der Waals surface area (Å²) in [6, 6.07) is 18.7. The topological polar surface area (TPSA) is 44.6 Å². The standard InChI is InChI=1S/C34H49N5O/c1-6-8-9-11-14-29-17-19-30(20-18-29)34(40)38(25-27(3)4)26-32-28(5)35-39(31-15-12-10-13-16-31)33(32)37-23-21-36(7-2)22-24-37/h10,12-13,15-20,27H,6-9,11,14,21-26H2,1-5H3. The van der Waals surface area contributed by atoms with Crippen molar-refractivity contribution in [2.45, 2.75) is 73.3 Å². The molecule has 6 nitrogen and oxygen atoms in total. The lowest BCUT2D eigenvalue weighted by Crippen LogP contribution is -2.47. The zero-order chi connectivity index (χ0) is 28.5. The minimum Gasteiger partial charge on any atom is -0.354 e. The third-order valence-electron chi connectivity index (χ3n) is 8.02. The molecule has 0 saturated carbocycles. The molecule has 0 spiro atoms. The summed E-state index contributed by atoms with van der Waals surface area (Å²) < 4.78 is 2.09. The largest absolute Gasteiger partial charge is 0.354 e. The number of aromatic nitrogens is 2. The van der Waals surface area contributed by atoms with Crippen LogP contribution in [0, 0.1) is 12.8 Å². The van der Waals surface area contributed by atoms with Crippen molar-refractivity contribution in [2.75, 3.05) is 44.2 Å². The fraction of sp³-hybridized carbons (Fsp3) is 0.529. The molecule has 4 rings (SSSR count). The number of nitrogens with zero attached hydrogens (tertiary/aromatic N) is 5. The number of amides is 1. The predicted molar refractivity (Wildman–Crippen MR) is 166 cm³/mol. The molecular formula is C34H49N5O. The second kappa shape index (κ2) is 14.5. The number of carbonyl (C=O) groups is 1. The minimum atomic E-state index is 0.0971. The number of carbonyl (C=O) groups excluding carboxylic acids is 1. The minimum absolute atomic E-state index is 0.0971. The van der Waals surface area contributed by atoms with Crippen LogP contribution in [0.15, 0.2) is 54.6 Å². The first kappa shape index (κ1) is 29.9. The van der Waals surface area contributed by atoms with E-state index < -0.39 is 0 Å². The van der Waals surface area contributed by atoms with E-state index in [-0.39, 0.29) is 5.91 Å². The third-order valence-corrected chi connectivity index (χ3v) is 8.02. The maximum atomic E-state index is 13.9. The second-order valence-electron chi connectivity index (χ2n) is 11.6. The Kier molecular flexibility index (Phi) is 10.8. The van der Waals surface area contributed by atoms with Gasteiger partial charge in [-0.15, -0.1) is 0 Å². The molecule has 6 heteroatoms. The highest BCUT2D eigenvalue weighted by Gasteiger charge is 2.28. The van der Waals surface area contributed by atoms with Crippen molar-refractivity contribution >= 4 is 11.7 Å². The normalized spacial score (nSPS) is 14.2. The molecule has 2 aromatic carbocycles. The van der Waals surface area contributed by atoms with E-state index in [1.165, 1.54) is 31.2 Å². The molecule has 0 radical (unpaired) electrons. The highest BCUT2D eigenvalue weighted by Crippen LogP contribution is 2.30. The molecule has 0 atom stereocenters. The highest BCUT2D eigenvalue weighted by atomic mass is 16.2. The van der Waals surface area contributed by atoms with Gasteiger partial charge in [-0.3, -0.25) is 4.79 Å². The summed E-state index contributed by atoms with van der Waals surface area (Å²) in [7, 11) is 0. The Labute approximate surface area is 242 Å². The lowest BCUT2D eigenvalue weighted by molar-refractivity contribution is 0.0722. The molecule has 1 aromatic heterocycles. The number of anilines is 1. The monoisotopic (exact) mass is 543 g/mol. The molecule has 0 unspecified atom stereocenters. The number of aryl methyl sites for hydroxylation is 2. The lowest BCUT2D eigenvalue weighted by atomic mass is 10.0. The number of hydrogen-bond acceptors (Lipinski definition) is 4. The molecule has 1 fully saturated rings. The van der Waals surface area contributed by atoms with Gasteiger partial charge < -0.3 is 14.7 Å². The maximum Gasteiger partial charge on any atom is 0.254 e. The zero-order valence-electron chi connectivity index (χ0n) is 25.4. The first-order valence-corrected chi connectivity index (χ1v) is 15.4. The van der Waals surface area contributed by atoms with Crippen LogP contribution >= 0.6 is 0 Å². The predicted octanol–water partition coefficient (Wildman–Crippen LogP) is 6.74. The maximum absolute atomic E-state index is 13.9. The number of hydrogen-bond donors (Lipinski definition) is 0. The van der Waals surface area contributed by atoms with Gasteiger partial charge in [0.25, 0.3) is 5.91 Å². The quantitative estimate of drug-likeness (QED) is 0.224. The van der Waals surface area contributed by atoms with Gasteiger partial charge in [0.05, 0.1) is 17.9 Å². The molecule has 2 heterocycles. The number of unbranched alkanes of at least 4 members (excludes halogenated alkanes) is 3. The second-order valence-corrected chi connectivity index (χ2v) is 11.6. The fourth-order valence-electron chi connectivity index (χ4n) is 5.69. The van der Waals surface area contributed by atoms with Gasteiger partial charge in [0.15, 0.2) is 0 Å². The molecule has 3 aromatic rings. The van der Waals surface area contributed by atoms with E-state index in [1.54, 1.807) is 0 Å². The zero-order valence-corrected chi connectivity index (χ0v) is 25.4.